The Kier molecular flexibility index (Phi) is 8.54. The number of aliphatic hydroxyl groups is 1. The van der Waals surface area contributed by atoms with E-state index >= 15 is 0 Å². The van der Waals surface area contributed by atoms with Crippen LogP contribution in [0.2, 0.25) is 0 Å². The van der Waals surface area contributed by atoms with Crippen LogP contribution in [0.4, 0.5) is 0 Å². The first kappa shape index (κ1) is 26.2. The zero-order valence-electron chi connectivity index (χ0n) is 22.0. The molecule has 5 rings (SSSR count). The Morgan fingerprint density at radius 2 is 1.79 bits per heavy atom. The second-order valence-electron chi connectivity index (χ2n) is 10.0. The van der Waals surface area contributed by atoms with E-state index in [1.165, 1.54) is 21.9 Å². The Morgan fingerprint density at radius 1 is 1.03 bits per heavy atom. The summed E-state index contributed by atoms with van der Waals surface area (Å²) in [6, 6.07) is 22.8. The second kappa shape index (κ2) is 12.4. The Labute approximate surface area is 224 Å². The van der Waals surface area contributed by atoms with Crippen LogP contribution in [0.15, 0.2) is 78.9 Å². The summed E-state index contributed by atoms with van der Waals surface area (Å²) in [5.41, 5.74) is 4.34. The van der Waals surface area contributed by atoms with E-state index in [9.17, 15) is 9.90 Å². The Morgan fingerprint density at radius 3 is 2.58 bits per heavy atom. The first-order chi connectivity index (χ1) is 18.6. The van der Waals surface area contributed by atoms with Crippen molar-refractivity contribution in [2.75, 3.05) is 52.5 Å². The first-order valence-electron chi connectivity index (χ1n) is 13.4. The highest BCUT2D eigenvalue weighted by Crippen LogP contribution is 2.27. The molecule has 0 spiro atoms. The van der Waals surface area contributed by atoms with Gasteiger partial charge in [0.1, 0.15) is 18.5 Å². The molecule has 6 heteroatoms. The number of benzene rings is 3. The van der Waals surface area contributed by atoms with Gasteiger partial charge in [-0.05, 0) is 53.0 Å². The Bertz CT molecular complexity index is 1330. The van der Waals surface area contributed by atoms with Gasteiger partial charge in [-0.2, -0.15) is 0 Å². The molecule has 3 aromatic rings. The predicted octanol–water partition coefficient (Wildman–Crippen LogP) is 4.63. The van der Waals surface area contributed by atoms with Gasteiger partial charge in [-0.15, -0.1) is 0 Å². The molecule has 2 aliphatic rings. The zero-order valence-corrected chi connectivity index (χ0v) is 22.0. The molecule has 1 fully saturated rings. The number of morpholine rings is 1. The lowest BCUT2D eigenvalue weighted by Gasteiger charge is -2.28. The van der Waals surface area contributed by atoms with Crippen molar-refractivity contribution in [3.63, 3.8) is 0 Å². The lowest BCUT2D eigenvalue weighted by Crippen LogP contribution is -2.39. The molecule has 198 valence electrons. The summed E-state index contributed by atoms with van der Waals surface area (Å²) < 4.78 is 11.4. The van der Waals surface area contributed by atoms with Gasteiger partial charge in [-0.25, -0.2) is 0 Å². The molecule has 1 N–H and O–H groups in total. The number of carbonyl (C=O) groups is 1. The fourth-order valence-corrected chi connectivity index (χ4v) is 5.12. The van der Waals surface area contributed by atoms with Crippen LogP contribution in [-0.2, 0) is 9.53 Å². The molecule has 2 aliphatic heterocycles. The summed E-state index contributed by atoms with van der Waals surface area (Å²) in [5, 5.41) is 13.3. The SMILES string of the molecule is CC(=CC(=O)N1CCOCC1)c1ccccc1OCC(O)CN1CC=C(c2ccc3ccccc3c2)CC1. The van der Waals surface area contributed by atoms with Gasteiger partial charge in [0.05, 0.1) is 13.2 Å². The highest BCUT2D eigenvalue weighted by atomic mass is 16.5. The van der Waals surface area contributed by atoms with Crippen molar-refractivity contribution in [3.05, 3.63) is 90.0 Å². The summed E-state index contributed by atoms with van der Waals surface area (Å²) in [5.74, 6) is 0.661. The van der Waals surface area contributed by atoms with E-state index in [0.717, 1.165) is 30.6 Å². The number of ether oxygens (including phenoxy) is 2. The van der Waals surface area contributed by atoms with E-state index in [0.29, 0.717) is 38.6 Å². The third kappa shape index (κ3) is 6.51. The van der Waals surface area contributed by atoms with Crippen LogP contribution < -0.4 is 4.74 Å². The third-order valence-electron chi connectivity index (χ3n) is 7.29. The minimum Gasteiger partial charge on any atom is -0.490 e. The monoisotopic (exact) mass is 512 g/mol. The zero-order chi connectivity index (χ0) is 26.3. The minimum absolute atomic E-state index is 0.0122. The Hall–Kier alpha value is -3.45. The summed E-state index contributed by atoms with van der Waals surface area (Å²) in [4.78, 5) is 16.7. The quantitative estimate of drug-likeness (QED) is 0.446. The molecular formula is C32H36N2O4. The van der Waals surface area contributed by atoms with Crippen LogP contribution in [0.1, 0.15) is 24.5 Å². The number of hydrogen-bond donors (Lipinski definition) is 1. The maximum absolute atomic E-state index is 12.7. The maximum atomic E-state index is 12.7. The molecule has 0 bridgehead atoms. The molecule has 1 atom stereocenters. The second-order valence-corrected chi connectivity index (χ2v) is 10.0. The number of rotatable bonds is 8. The summed E-state index contributed by atoms with van der Waals surface area (Å²) >= 11 is 0. The third-order valence-corrected chi connectivity index (χ3v) is 7.29. The largest absolute Gasteiger partial charge is 0.490 e. The van der Waals surface area contributed by atoms with Crippen molar-refractivity contribution in [1.82, 2.24) is 9.80 Å². The predicted molar refractivity (Wildman–Crippen MR) is 152 cm³/mol. The van der Waals surface area contributed by atoms with E-state index in [-0.39, 0.29) is 12.5 Å². The van der Waals surface area contributed by atoms with E-state index in [4.69, 9.17) is 9.47 Å². The van der Waals surface area contributed by atoms with E-state index in [1.807, 2.05) is 31.2 Å². The highest BCUT2D eigenvalue weighted by Gasteiger charge is 2.19. The van der Waals surface area contributed by atoms with Crippen LogP contribution >= 0.6 is 0 Å². The van der Waals surface area contributed by atoms with Crippen LogP contribution in [0, 0.1) is 0 Å². The van der Waals surface area contributed by atoms with E-state index in [2.05, 4.69) is 53.4 Å². The number of carbonyl (C=O) groups excluding carboxylic acids is 1. The lowest BCUT2D eigenvalue weighted by atomic mass is 9.97. The Balaban J connectivity index is 1.15. The van der Waals surface area contributed by atoms with Crippen molar-refractivity contribution in [2.24, 2.45) is 0 Å². The van der Waals surface area contributed by atoms with Gasteiger partial charge >= 0.3 is 0 Å². The van der Waals surface area contributed by atoms with Gasteiger partial charge < -0.3 is 19.5 Å². The average molecular weight is 513 g/mol. The molecular weight excluding hydrogens is 476 g/mol. The number of nitrogens with zero attached hydrogens (tertiary/aromatic N) is 2. The fraction of sp³-hybridized carbons (Fsp3) is 0.344. The maximum Gasteiger partial charge on any atom is 0.247 e. The molecule has 0 aliphatic carbocycles. The number of hydrogen-bond acceptors (Lipinski definition) is 5. The number of fused-ring (bicyclic) bond motifs is 1. The number of para-hydroxylation sites is 1. The summed E-state index contributed by atoms with van der Waals surface area (Å²) in [7, 11) is 0. The van der Waals surface area contributed by atoms with Gasteiger partial charge in [0.2, 0.25) is 5.91 Å². The van der Waals surface area contributed by atoms with Gasteiger partial charge in [0, 0.05) is 44.4 Å². The fourth-order valence-electron chi connectivity index (χ4n) is 5.12. The number of aliphatic hydroxyl groups excluding tert-OH is 1. The smallest absolute Gasteiger partial charge is 0.247 e. The topological polar surface area (TPSA) is 62.2 Å². The van der Waals surface area contributed by atoms with Crippen molar-refractivity contribution in [2.45, 2.75) is 19.4 Å². The lowest BCUT2D eigenvalue weighted by molar-refractivity contribution is -0.129. The molecule has 1 saturated heterocycles. The van der Waals surface area contributed by atoms with Crippen LogP contribution in [0.3, 0.4) is 0 Å². The molecule has 1 amide bonds. The molecule has 0 saturated carbocycles. The molecule has 3 aromatic carbocycles. The molecule has 0 radical (unpaired) electrons. The van der Waals surface area contributed by atoms with Gasteiger partial charge in [-0.3, -0.25) is 9.69 Å². The standard InChI is InChI=1S/C32H36N2O4/c1-24(20-32(36)34-16-18-37-19-17-34)30-8-4-5-9-31(30)38-23-29(35)22-33-14-12-26(13-15-33)28-11-10-25-6-2-3-7-27(25)21-28/h2-12,20-21,29,35H,13-19,22-23H2,1H3. The van der Waals surface area contributed by atoms with Crippen LogP contribution in [0.5, 0.6) is 5.75 Å². The molecule has 1 unspecified atom stereocenters. The first-order valence-corrected chi connectivity index (χ1v) is 13.4. The van der Waals surface area contributed by atoms with Gasteiger partial charge in [0.25, 0.3) is 0 Å². The van der Waals surface area contributed by atoms with Gasteiger partial charge in [0.15, 0.2) is 0 Å². The van der Waals surface area contributed by atoms with Crippen molar-refractivity contribution in [3.8, 4) is 5.75 Å². The van der Waals surface area contributed by atoms with Crippen LogP contribution in [-0.4, -0.2) is 79.5 Å². The average Bonchev–Trinajstić information content (AvgIpc) is 2.97. The molecule has 2 heterocycles. The minimum atomic E-state index is -0.613. The van der Waals surface area contributed by atoms with Gasteiger partial charge in [-0.1, -0.05) is 60.7 Å². The number of β-amino-alcohol motifs (C(OH)–C–C–N with tert-alkyl or cyclic N) is 1. The highest BCUT2D eigenvalue weighted by molar-refractivity contribution is 5.95. The number of allylic oxidation sites excluding steroid dienone is 1. The normalized spacial score (nSPS) is 17.8. The van der Waals surface area contributed by atoms with Crippen molar-refractivity contribution >= 4 is 27.8 Å². The number of amides is 1. The molecule has 6 nitrogen and oxygen atoms in total. The molecule has 38 heavy (non-hydrogen) atoms. The summed E-state index contributed by atoms with van der Waals surface area (Å²) in [6.45, 7) is 6.75. The summed E-state index contributed by atoms with van der Waals surface area (Å²) in [6.07, 6.45) is 4.28. The van der Waals surface area contributed by atoms with Crippen molar-refractivity contribution < 1.29 is 19.4 Å². The van der Waals surface area contributed by atoms with E-state index in [1.54, 1.807) is 11.0 Å². The molecule has 0 aromatic heterocycles. The van der Waals surface area contributed by atoms with Crippen molar-refractivity contribution in [1.29, 1.82) is 0 Å². The van der Waals surface area contributed by atoms with Crippen LogP contribution in [0.25, 0.3) is 21.9 Å². The van der Waals surface area contributed by atoms with E-state index < -0.39 is 6.10 Å².